The molecule has 1 N–H and O–H groups in total. The van der Waals surface area contributed by atoms with E-state index in [0.717, 1.165) is 5.56 Å². The normalized spacial score (nSPS) is 14.3. The van der Waals surface area contributed by atoms with E-state index in [0.29, 0.717) is 12.0 Å². The summed E-state index contributed by atoms with van der Waals surface area (Å²) < 4.78 is 16.3. The van der Waals surface area contributed by atoms with Gasteiger partial charge < -0.3 is 19.5 Å². The van der Waals surface area contributed by atoms with Crippen molar-refractivity contribution in [3.63, 3.8) is 0 Å². The van der Waals surface area contributed by atoms with Crippen LogP contribution in [0.25, 0.3) is 0 Å². The number of alkyl carbamates (subject to hydrolysis) is 1. The molecular formula is C24H35NO6. The van der Waals surface area contributed by atoms with Gasteiger partial charge in [-0.1, -0.05) is 30.3 Å². The van der Waals surface area contributed by atoms with E-state index in [-0.39, 0.29) is 0 Å². The number of carbonyl (C=O) groups excluding carboxylic acids is 3. The highest BCUT2D eigenvalue weighted by molar-refractivity contribution is 5.83. The van der Waals surface area contributed by atoms with Crippen molar-refractivity contribution in [2.45, 2.75) is 85.2 Å². The Morgan fingerprint density at radius 2 is 1.48 bits per heavy atom. The third-order valence-electron chi connectivity index (χ3n) is 3.86. The molecule has 1 aromatic rings. The molecule has 0 spiro atoms. The third-order valence-corrected chi connectivity index (χ3v) is 3.86. The highest BCUT2D eigenvalue weighted by Gasteiger charge is 2.30. The molecule has 0 unspecified atom stereocenters. The molecule has 31 heavy (non-hydrogen) atoms. The Morgan fingerprint density at radius 3 is 1.97 bits per heavy atom. The number of esters is 2. The number of amides is 1. The van der Waals surface area contributed by atoms with Gasteiger partial charge in [0.15, 0.2) is 0 Å². The largest absolute Gasteiger partial charge is 0.457 e. The maximum atomic E-state index is 12.5. The first kappa shape index (κ1) is 26.2. The maximum absolute atomic E-state index is 12.5. The van der Waals surface area contributed by atoms with Gasteiger partial charge in [0.25, 0.3) is 0 Å². The summed E-state index contributed by atoms with van der Waals surface area (Å²) in [6, 6.07) is 8.79. The molecule has 0 aliphatic rings. The first-order valence-corrected chi connectivity index (χ1v) is 10.3. The van der Waals surface area contributed by atoms with Gasteiger partial charge in [0.05, 0.1) is 6.04 Å². The summed E-state index contributed by atoms with van der Waals surface area (Å²) in [6.07, 6.45) is 0.110. The molecule has 2 atom stereocenters. The lowest BCUT2D eigenvalue weighted by Gasteiger charge is -2.30. The standard InChI is InChI=1S/C24H35NO6/c1-16(14-20(27)30-23(3,4)5)21(29-17(2)26)19(15-18-12-10-9-11-13-18)25-22(28)31-24(6,7)8/h9-14,19,21H,15H2,1-8H3,(H,25,28)/b16-14+/t19-,21+/m1/s1. The van der Waals surface area contributed by atoms with Crippen LogP contribution in [0.4, 0.5) is 4.79 Å². The van der Waals surface area contributed by atoms with Crippen molar-refractivity contribution in [2.75, 3.05) is 0 Å². The zero-order valence-electron chi connectivity index (χ0n) is 19.8. The Morgan fingerprint density at radius 1 is 0.935 bits per heavy atom. The molecule has 0 heterocycles. The third kappa shape index (κ3) is 11.2. The van der Waals surface area contributed by atoms with Crippen LogP contribution in [0.5, 0.6) is 0 Å². The SMILES string of the molecule is CC(=O)O[C@@H](/C(C)=C/C(=O)OC(C)(C)C)[C@@H](Cc1ccccc1)NC(=O)OC(C)(C)C. The van der Waals surface area contributed by atoms with E-state index in [1.165, 1.54) is 13.0 Å². The summed E-state index contributed by atoms with van der Waals surface area (Å²) in [6.45, 7) is 13.5. The first-order valence-electron chi connectivity index (χ1n) is 10.3. The van der Waals surface area contributed by atoms with E-state index in [9.17, 15) is 14.4 Å². The molecule has 0 bridgehead atoms. The van der Waals surface area contributed by atoms with Gasteiger partial charge in [0.2, 0.25) is 0 Å². The quantitative estimate of drug-likeness (QED) is 0.391. The topological polar surface area (TPSA) is 90.9 Å². The van der Waals surface area contributed by atoms with E-state index in [4.69, 9.17) is 14.2 Å². The lowest BCUT2D eigenvalue weighted by Crippen LogP contribution is -2.48. The van der Waals surface area contributed by atoms with Gasteiger partial charge in [-0.05, 0) is 66.0 Å². The van der Waals surface area contributed by atoms with E-state index < -0.39 is 41.4 Å². The fraction of sp³-hybridized carbons (Fsp3) is 0.542. The average molecular weight is 434 g/mol. The predicted octanol–water partition coefficient (Wildman–Crippen LogP) is 4.34. The van der Waals surface area contributed by atoms with Gasteiger partial charge in [-0.15, -0.1) is 0 Å². The molecule has 0 radical (unpaired) electrons. The number of benzene rings is 1. The monoisotopic (exact) mass is 433 g/mol. The summed E-state index contributed by atoms with van der Waals surface area (Å²) in [5.74, 6) is -1.09. The molecule has 0 aliphatic heterocycles. The van der Waals surface area contributed by atoms with Crippen molar-refractivity contribution in [3.8, 4) is 0 Å². The number of carbonyl (C=O) groups is 3. The molecule has 1 aromatic carbocycles. The molecule has 0 aromatic heterocycles. The smallest absolute Gasteiger partial charge is 0.408 e. The van der Waals surface area contributed by atoms with E-state index in [1.807, 2.05) is 30.3 Å². The molecule has 7 heteroatoms. The Hall–Kier alpha value is -2.83. The van der Waals surface area contributed by atoms with E-state index in [1.54, 1.807) is 48.5 Å². The average Bonchev–Trinajstić information content (AvgIpc) is 2.56. The van der Waals surface area contributed by atoms with Crippen molar-refractivity contribution in [1.29, 1.82) is 0 Å². The van der Waals surface area contributed by atoms with Crippen molar-refractivity contribution in [3.05, 3.63) is 47.5 Å². The Bertz CT molecular complexity index is 787. The minimum absolute atomic E-state index is 0.359. The summed E-state index contributed by atoms with van der Waals surface area (Å²) in [7, 11) is 0. The number of hydrogen-bond acceptors (Lipinski definition) is 6. The number of ether oxygens (including phenoxy) is 3. The second-order valence-corrected chi connectivity index (χ2v) is 9.39. The van der Waals surface area contributed by atoms with Gasteiger partial charge in [-0.2, -0.15) is 0 Å². The summed E-state index contributed by atoms with van der Waals surface area (Å²) in [5, 5.41) is 2.80. The molecule has 0 saturated carbocycles. The molecule has 172 valence electrons. The van der Waals surface area contributed by atoms with Crippen LogP contribution in [0, 0.1) is 0 Å². The molecule has 1 amide bonds. The van der Waals surface area contributed by atoms with Crippen LogP contribution < -0.4 is 5.32 Å². The zero-order chi connectivity index (χ0) is 23.8. The summed E-state index contributed by atoms with van der Waals surface area (Å²) in [5.41, 5.74) is 0.00937. The summed E-state index contributed by atoms with van der Waals surface area (Å²) >= 11 is 0. The van der Waals surface area contributed by atoms with Crippen LogP contribution in [0.2, 0.25) is 0 Å². The summed E-state index contributed by atoms with van der Waals surface area (Å²) in [4.78, 5) is 36.6. The van der Waals surface area contributed by atoms with Crippen LogP contribution >= 0.6 is 0 Å². The lowest BCUT2D eigenvalue weighted by atomic mass is 9.96. The number of rotatable bonds is 7. The predicted molar refractivity (Wildman–Crippen MR) is 118 cm³/mol. The molecule has 0 fully saturated rings. The first-order chi connectivity index (χ1) is 14.2. The molecule has 1 rings (SSSR count). The highest BCUT2D eigenvalue weighted by atomic mass is 16.6. The minimum Gasteiger partial charge on any atom is -0.457 e. The Kier molecular flexibility index (Phi) is 9.28. The van der Waals surface area contributed by atoms with Crippen LogP contribution in [0.3, 0.4) is 0 Å². The van der Waals surface area contributed by atoms with Crippen LogP contribution in [0.15, 0.2) is 42.0 Å². The highest BCUT2D eigenvalue weighted by Crippen LogP contribution is 2.18. The second-order valence-electron chi connectivity index (χ2n) is 9.39. The zero-order valence-corrected chi connectivity index (χ0v) is 19.8. The fourth-order valence-corrected chi connectivity index (χ4v) is 2.83. The van der Waals surface area contributed by atoms with Crippen molar-refractivity contribution in [1.82, 2.24) is 5.32 Å². The number of nitrogens with one attached hydrogen (secondary N) is 1. The van der Waals surface area contributed by atoms with Crippen molar-refractivity contribution >= 4 is 18.0 Å². The maximum Gasteiger partial charge on any atom is 0.408 e. The van der Waals surface area contributed by atoms with E-state index >= 15 is 0 Å². The number of hydrogen-bond donors (Lipinski definition) is 1. The van der Waals surface area contributed by atoms with Crippen LogP contribution in [0.1, 0.15) is 61.0 Å². The van der Waals surface area contributed by atoms with Gasteiger partial charge in [-0.25, -0.2) is 9.59 Å². The Labute approximate surface area is 185 Å². The Balaban J connectivity index is 3.24. The minimum atomic E-state index is -0.891. The molecular weight excluding hydrogens is 398 g/mol. The molecule has 0 aliphatic carbocycles. The van der Waals surface area contributed by atoms with Gasteiger partial charge in [0.1, 0.15) is 17.3 Å². The van der Waals surface area contributed by atoms with Gasteiger partial charge in [0, 0.05) is 13.0 Å². The lowest BCUT2D eigenvalue weighted by molar-refractivity contribution is -0.150. The molecule has 7 nitrogen and oxygen atoms in total. The van der Waals surface area contributed by atoms with Gasteiger partial charge in [-0.3, -0.25) is 4.79 Å². The van der Waals surface area contributed by atoms with Gasteiger partial charge >= 0.3 is 18.0 Å². The molecule has 0 saturated heterocycles. The van der Waals surface area contributed by atoms with E-state index in [2.05, 4.69) is 5.32 Å². The second kappa shape index (κ2) is 11.0. The van der Waals surface area contributed by atoms with Crippen LogP contribution in [-0.4, -0.2) is 41.4 Å². The fourth-order valence-electron chi connectivity index (χ4n) is 2.83. The van der Waals surface area contributed by atoms with Crippen molar-refractivity contribution < 1.29 is 28.6 Å². The van der Waals surface area contributed by atoms with Crippen LogP contribution in [-0.2, 0) is 30.2 Å². The van der Waals surface area contributed by atoms with Crippen molar-refractivity contribution in [2.24, 2.45) is 0 Å².